The number of benzene rings is 1. The topological polar surface area (TPSA) is 59.8 Å². The highest BCUT2D eigenvalue weighted by molar-refractivity contribution is 9.10. The van der Waals surface area contributed by atoms with Crippen LogP contribution in [0.15, 0.2) is 59.2 Å². The molecule has 3 rings (SSSR count). The van der Waals surface area contributed by atoms with Crippen molar-refractivity contribution < 1.29 is 4.79 Å². The number of carbonyl (C=O) groups excluding carboxylic acids is 1. The van der Waals surface area contributed by atoms with Crippen LogP contribution >= 0.6 is 15.9 Å². The zero-order valence-electron chi connectivity index (χ0n) is 12.5. The standard InChI is InChI=1S/C17H15BrN4O/c1-12-3-2-4-15(20-12)17(23)21-16-9-10-19-22(16)11-13-5-7-14(18)8-6-13/h2-10H,11H2,1H3,(H,21,23). The van der Waals surface area contributed by atoms with Gasteiger partial charge in [0.05, 0.1) is 12.7 Å². The minimum Gasteiger partial charge on any atom is -0.305 e. The van der Waals surface area contributed by atoms with Crippen molar-refractivity contribution in [1.29, 1.82) is 0 Å². The first-order valence-corrected chi connectivity index (χ1v) is 7.92. The Labute approximate surface area is 142 Å². The van der Waals surface area contributed by atoms with Gasteiger partial charge in [0, 0.05) is 16.2 Å². The fourth-order valence-electron chi connectivity index (χ4n) is 2.18. The lowest BCUT2D eigenvalue weighted by Gasteiger charge is -2.09. The van der Waals surface area contributed by atoms with E-state index in [0.29, 0.717) is 18.1 Å². The number of hydrogen-bond donors (Lipinski definition) is 1. The summed E-state index contributed by atoms with van der Waals surface area (Å²) in [7, 11) is 0. The largest absolute Gasteiger partial charge is 0.305 e. The molecule has 0 aliphatic carbocycles. The van der Waals surface area contributed by atoms with Gasteiger partial charge in [0.2, 0.25) is 0 Å². The molecule has 0 unspecified atom stereocenters. The number of nitrogens with one attached hydrogen (secondary N) is 1. The molecule has 2 heterocycles. The summed E-state index contributed by atoms with van der Waals surface area (Å²) in [5.41, 5.74) is 2.29. The number of rotatable bonds is 4. The van der Waals surface area contributed by atoms with Crippen molar-refractivity contribution in [1.82, 2.24) is 14.8 Å². The minimum atomic E-state index is -0.244. The third-order valence-corrected chi connectivity index (χ3v) is 3.85. The van der Waals surface area contributed by atoms with Gasteiger partial charge in [0.1, 0.15) is 11.5 Å². The van der Waals surface area contributed by atoms with E-state index in [1.807, 2.05) is 43.3 Å². The molecule has 0 fully saturated rings. The lowest BCUT2D eigenvalue weighted by molar-refractivity contribution is 0.102. The lowest BCUT2D eigenvalue weighted by Crippen LogP contribution is -2.17. The summed E-state index contributed by atoms with van der Waals surface area (Å²) < 4.78 is 2.78. The maximum atomic E-state index is 12.3. The zero-order chi connectivity index (χ0) is 16.2. The SMILES string of the molecule is Cc1cccc(C(=O)Nc2ccnn2Cc2ccc(Br)cc2)n1. The van der Waals surface area contributed by atoms with Crippen LogP contribution in [-0.4, -0.2) is 20.7 Å². The first kappa shape index (κ1) is 15.4. The maximum absolute atomic E-state index is 12.3. The van der Waals surface area contributed by atoms with E-state index < -0.39 is 0 Å². The van der Waals surface area contributed by atoms with Crippen molar-refractivity contribution in [2.75, 3.05) is 5.32 Å². The molecule has 0 saturated carbocycles. The molecule has 116 valence electrons. The second kappa shape index (κ2) is 6.75. The molecule has 23 heavy (non-hydrogen) atoms. The average Bonchev–Trinajstić information content (AvgIpc) is 2.96. The fourth-order valence-corrected chi connectivity index (χ4v) is 2.44. The van der Waals surface area contributed by atoms with Crippen molar-refractivity contribution in [3.05, 3.63) is 76.2 Å². The molecule has 5 nitrogen and oxygen atoms in total. The molecule has 0 radical (unpaired) electrons. The van der Waals surface area contributed by atoms with E-state index in [9.17, 15) is 4.79 Å². The van der Waals surface area contributed by atoms with E-state index in [2.05, 4.69) is 31.3 Å². The summed E-state index contributed by atoms with van der Waals surface area (Å²) in [6.45, 7) is 2.44. The lowest BCUT2D eigenvalue weighted by atomic mass is 10.2. The first-order valence-electron chi connectivity index (χ1n) is 7.13. The van der Waals surface area contributed by atoms with E-state index in [1.54, 1.807) is 23.0 Å². The number of aryl methyl sites for hydroxylation is 1. The van der Waals surface area contributed by atoms with Crippen LogP contribution in [0.1, 0.15) is 21.7 Å². The smallest absolute Gasteiger partial charge is 0.275 e. The third kappa shape index (κ3) is 3.84. The Bertz CT molecular complexity index is 827. The molecular formula is C17H15BrN4O. The van der Waals surface area contributed by atoms with Gasteiger partial charge in [0.15, 0.2) is 0 Å². The van der Waals surface area contributed by atoms with Crippen molar-refractivity contribution in [2.24, 2.45) is 0 Å². The van der Waals surface area contributed by atoms with E-state index in [-0.39, 0.29) is 5.91 Å². The molecule has 2 aromatic heterocycles. The molecule has 0 aliphatic heterocycles. The number of pyridine rings is 1. The summed E-state index contributed by atoms with van der Waals surface area (Å²) in [6, 6.07) is 15.1. The van der Waals surface area contributed by atoms with Gasteiger partial charge in [-0.15, -0.1) is 0 Å². The predicted octanol–water partition coefficient (Wildman–Crippen LogP) is 3.65. The zero-order valence-corrected chi connectivity index (χ0v) is 14.1. The number of amides is 1. The van der Waals surface area contributed by atoms with Crippen LogP contribution in [0.25, 0.3) is 0 Å². The van der Waals surface area contributed by atoms with Gasteiger partial charge in [-0.3, -0.25) is 4.79 Å². The number of hydrogen-bond acceptors (Lipinski definition) is 3. The second-order valence-electron chi connectivity index (χ2n) is 5.12. The quantitative estimate of drug-likeness (QED) is 0.762. The normalized spacial score (nSPS) is 10.5. The summed E-state index contributed by atoms with van der Waals surface area (Å²) in [5.74, 6) is 0.396. The van der Waals surface area contributed by atoms with Gasteiger partial charge in [-0.2, -0.15) is 5.10 Å². The van der Waals surface area contributed by atoms with Crippen LogP contribution in [0.2, 0.25) is 0 Å². The van der Waals surface area contributed by atoms with Crippen LogP contribution in [-0.2, 0) is 6.54 Å². The molecule has 0 bridgehead atoms. The van der Waals surface area contributed by atoms with E-state index in [1.165, 1.54) is 0 Å². The van der Waals surface area contributed by atoms with Crippen LogP contribution in [0.4, 0.5) is 5.82 Å². The molecule has 0 spiro atoms. The Kier molecular flexibility index (Phi) is 4.52. The van der Waals surface area contributed by atoms with Crippen molar-refractivity contribution in [3.63, 3.8) is 0 Å². The Morgan fingerprint density at radius 2 is 1.96 bits per heavy atom. The molecule has 0 saturated heterocycles. The number of aromatic nitrogens is 3. The van der Waals surface area contributed by atoms with E-state index in [4.69, 9.17) is 0 Å². The summed E-state index contributed by atoms with van der Waals surface area (Å²) >= 11 is 3.42. The summed E-state index contributed by atoms with van der Waals surface area (Å²) in [4.78, 5) is 16.5. The van der Waals surface area contributed by atoms with Crippen LogP contribution < -0.4 is 5.32 Å². The number of nitrogens with zero attached hydrogens (tertiary/aromatic N) is 3. The first-order chi connectivity index (χ1) is 11.1. The summed E-state index contributed by atoms with van der Waals surface area (Å²) in [6.07, 6.45) is 1.66. The molecule has 1 aromatic carbocycles. The van der Waals surface area contributed by atoms with E-state index in [0.717, 1.165) is 15.7 Å². The highest BCUT2D eigenvalue weighted by Crippen LogP contribution is 2.14. The Morgan fingerprint density at radius 3 is 2.70 bits per heavy atom. The van der Waals surface area contributed by atoms with Crippen molar-refractivity contribution in [2.45, 2.75) is 13.5 Å². The second-order valence-corrected chi connectivity index (χ2v) is 6.03. The van der Waals surface area contributed by atoms with Gasteiger partial charge in [0.25, 0.3) is 5.91 Å². The van der Waals surface area contributed by atoms with Crippen molar-refractivity contribution >= 4 is 27.7 Å². The fraction of sp³-hybridized carbons (Fsp3) is 0.118. The Morgan fingerprint density at radius 1 is 1.17 bits per heavy atom. The molecule has 1 N–H and O–H groups in total. The Hall–Kier alpha value is -2.47. The molecule has 0 atom stereocenters. The highest BCUT2D eigenvalue weighted by Gasteiger charge is 2.11. The molecule has 1 amide bonds. The Balaban J connectivity index is 1.75. The number of anilines is 1. The van der Waals surface area contributed by atoms with Crippen molar-refractivity contribution in [3.8, 4) is 0 Å². The predicted molar refractivity (Wildman–Crippen MR) is 92.4 cm³/mol. The highest BCUT2D eigenvalue weighted by atomic mass is 79.9. The van der Waals surface area contributed by atoms with E-state index >= 15 is 0 Å². The van der Waals surface area contributed by atoms with Gasteiger partial charge in [-0.05, 0) is 36.8 Å². The van der Waals surface area contributed by atoms with Gasteiger partial charge >= 0.3 is 0 Å². The minimum absolute atomic E-state index is 0.244. The number of halogens is 1. The maximum Gasteiger partial charge on any atom is 0.275 e. The van der Waals surface area contributed by atoms with Gasteiger partial charge in [-0.1, -0.05) is 34.1 Å². The van der Waals surface area contributed by atoms with Crippen LogP contribution in [0, 0.1) is 6.92 Å². The van der Waals surface area contributed by atoms with Crippen LogP contribution in [0.3, 0.4) is 0 Å². The van der Waals surface area contributed by atoms with Gasteiger partial charge in [-0.25, -0.2) is 9.67 Å². The molecule has 3 aromatic rings. The van der Waals surface area contributed by atoms with Crippen LogP contribution in [0.5, 0.6) is 0 Å². The average molecular weight is 371 g/mol. The molecular weight excluding hydrogens is 356 g/mol. The molecule has 6 heteroatoms. The van der Waals surface area contributed by atoms with Gasteiger partial charge < -0.3 is 5.32 Å². The number of carbonyl (C=O) groups is 1. The third-order valence-electron chi connectivity index (χ3n) is 3.32. The summed E-state index contributed by atoms with van der Waals surface area (Å²) in [5, 5.41) is 7.12. The monoisotopic (exact) mass is 370 g/mol. The molecule has 0 aliphatic rings.